The van der Waals surface area contributed by atoms with E-state index in [9.17, 15) is 0 Å². The van der Waals surface area contributed by atoms with Crippen molar-refractivity contribution in [2.24, 2.45) is 0 Å². The number of fused-ring (bicyclic) bond motifs is 8. The highest BCUT2D eigenvalue weighted by Gasteiger charge is 2.27. The fourth-order valence-corrected chi connectivity index (χ4v) is 7.05. The van der Waals surface area contributed by atoms with E-state index in [1.165, 1.54) is 32.7 Å². The minimum absolute atomic E-state index is 0.890. The first-order chi connectivity index (χ1) is 21.7. The highest BCUT2D eigenvalue weighted by molar-refractivity contribution is 6.31. The Morgan fingerprint density at radius 1 is 0.432 bits per heavy atom. The molecule has 44 heavy (non-hydrogen) atoms. The molecule has 0 saturated carbocycles. The van der Waals surface area contributed by atoms with Gasteiger partial charge in [0.1, 0.15) is 22.3 Å². The van der Waals surface area contributed by atoms with E-state index in [4.69, 9.17) is 8.83 Å². The van der Waals surface area contributed by atoms with Crippen LogP contribution in [0.2, 0.25) is 0 Å². The largest absolute Gasteiger partial charge is 0.455 e. The Morgan fingerprint density at radius 2 is 0.864 bits per heavy atom. The SMILES string of the molecule is CCc1ccc2cc3oc4c(-c5ccccc5)c5c(oc6cc7ccc(CC)cc7cc65)c(-c5ccccc5)c4c3cc2c1. The normalized spacial score (nSPS) is 12.0. The van der Waals surface area contributed by atoms with Crippen LogP contribution >= 0.6 is 0 Å². The van der Waals surface area contributed by atoms with Gasteiger partial charge in [-0.3, -0.25) is 0 Å². The Morgan fingerprint density at radius 3 is 1.27 bits per heavy atom. The van der Waals surface area contributed by atoms with Gasteiger partial charge in [0.25, 0.3) is 0 Å². The third-order valence-corrected chi connectivity index (χ3v) is 9.32. The van der Waals surface area contributed by atoms with Crippen molar-refractivity contribution < 1.29 is 8.83 Å². The van der Waals surface area contributed by atoms with Crippen LogP contribution in [0.1, 0.15) is 25.0 Å². The van der Waals surface area contributed by atoms with Gasteiger partial charge in [0.2, 0.25) is 0 Å². The zero-order chi connectivity index (χ0) is 29.4. The number of hydrogen-bond acceptors (Lipinski definition) is 2. The molecule has 9 aromatic rings. The van der Waals surface area contributed by atoms with Crippen LogP contribution in [0.4, 0.5) is 0 Å². The zero-order valence-electron chi connectivity index (χ0n) is 24.8. The van der Waals surface area contributed by atoms with Crippen LogP contribution in [0.3, 0.4) is 0 Å². The van der Waals surface area contributed by atoms with E-state index in [0.717, 1.165) is 79.0 Å². The predicted molar refractivity (Wildman–Crippen MR) is 186 cm³/mol. The van der Waals surface area contributed by atoms with Crippen LogP contribution in [0.15, 0.2) is 130 Å². The molecule has 0 bridgehead atoms. The van der Waals surface area contributed by atoms with Gasteiger partial charge in [-0.25, -0.2) is 0 Å². The molecular formula is C42H30O2. The molecule has 0 atom stereocenters. The Kier molecular flexibility index (Phi) is 5.49. The summed E-state index contributed by atoms with van der Waals surface area (Å²) in [7, 11) is 0. The first kappa shape index (κ1) is 25.2. The minimum atomic E-state index is 0.890. The zero-order valence-corrected chi connectivity index (χ0v) is 24.8. The number of benzene rings is 7. The number of hydrogen-bond donors (Lipinski definition) is 0. The highest BCUT2D eigenvalue weighted by atomic mass is 16.3. The van der Waals surface area contributed by atoms with Crippen molar-refractivity contribution >= 4 is 65.4 Å². The van der Waals surface area contributed by atoms with Gasteiger partial charge in [0, 0.05) is 32.7 Å². The van der Waals surface area contributed by atoms with Gasteiger partial charge in [-0.1, -0.05) is 111 Å². The maximum atomic E-state index is 6.97. The van der Waals surface area contributed by atoms with Gasteiger partial charge in [0.05, 0.1) is 0 Å². The van der Waals surface area contributed by atoms with Crippen molar-refractivity contribution in [3.63, 3.8) is 0 Å². The molecule has 0 radical (unpaired) electrons. The second-order valence-corrected chi connectivity index (χ2v) is 11.9. The van der Waals surface area contributed by atoms with Crippen LogP contribution in [-0.4, -0.2) is 0 Å². The summed E-state index contributed by atoms with van der Waals surface area (Å²) >= 11 is 0. The summed E-state index contributed by atoms with van der Waals surface area (Å²) in [6.45, 7) is 4.41. The second-order valence-electron chi connectivity index (χ2n) is 11.9. The molecule has 7 aromatic carbocycles. The summed E-state index contributed by atoms with van der Waals surface area (Å²) in [5.74, 6) is 0. The summed E-state index contributed by atoms with van der Waals surface area (Å²) in [5.41, 5.74) is 10.6. The maximum absolute atomic E-state index is 6.97. The first-order valence-corrected chi connectivity index (χ1v) is 15.5. The molecule has 2 heterocycles. The average Bonchev–Trinajstić information content (AvgIpc) is 3.62. The smallest absolute Gasteiger partial charge is 0.144 e. The van der Waals surface area contributed by atoms with Crippen LogP contribution < -0.4 is 0 Å². The molecular weight excluding hydrogens is 536 g/mol. The maximum Gasteiger partial charge on any atom is 0.144 e. The molecule has 0 spiro atoms. The number of aryl methyl sites for hydroxylation is 2. The predicted octanol–water partition coefficient (Wildman–Crippen LogP) is 12.3. The monoisotopic (exact) mass is 566 g/mol. The van der Waals surface area contributed by atoms with Gasteiger partial charge in [-0.2, -0.15) is 0 Å². The molecule has 210 valence electrons. The molecule has 0 amide bonds. The summed E-state index contributed by atoms with van der Waals surface area (Å²) in [4.78, 5) is 0. The molecule has 0 aliphatic rings. The van der Waals surface area contributed by atoms with Gasteiger partial charge in [0.15, 0.2) is 0 Å². The molecule has 0 aliphatic carbocycles. The van der Waals surface area contributed by atoms with Crippen LogP contribution in [0, 0.1) is 0 Å². The molecule has 0 fully saturated rings. The lowest BCUT2D eigenvalue weighted by atomic mass is 9.90. The van der Waals surface area contributed by atoms with E-state index in [2.05, 4.69) is 135 Å². The lowest BCUT2D eigenvalue weighted by Gasteiger charge is -2.11. The highest BCUT2D eigenvalue weighted by Crippen LogP contribution is 2.51. The van der Waals surface area contributed by atoms with E-state index in [-0.39, 0.29) is 0 Å². The van der Waals surface area contributed by atoms with Crippen molar-refractivity contribution in [3.8, 4) is 22.3 Å². The summed E-state index contributed by atoms with van der Waals surface area (Å²) in [6.07, 6.45) is 2.00. The molecule has 9 rings (SSSR count). The van der Waals surface area contributed by atoms with Gasteiger partial charge >= 0.3 is 0 Å². The third-order valence-electron chi connectivity index (χ3n) is 9.32. The van der Waals surface area contributed by atoms with E-state index in [1.807, 2.05) is 0 Å². The quantitative estimate of drug-likeness (QED) is 0.212. The fraction of sp³-hybridized carbons (Fsp3) is 0.0952. The van der Waals surface area contributed by atoms with Crippen molar-refractivity contribution in [1.82, 2.24) is 0 Å². The van der Waals surface area contributed by atoms with Crippen molar-refractivity contribution in [2.75, 3.05) is 0 Å². The Labute approximate surface area is 255 Å². The van der Waals surface area contributed by atoms with Crippen LogP contribution in [-0.2, 0) is 12.8 Å². The van der Waals surface area contributed by atoms with E-state index in [0.29, 0.717) is 0 Å². The minimum Gasteiger partial charge on any atom is -0.455 e. The lowest BCUT2D eigenvalue weighted by molar-refractivity contribution is 0.666. The van der Waals surface area contributed by atoms with Crippen molar-refractivity contribution in [3.05, 3.63) is 132 Å². The van der Waals surface area contributed by atoms with Gasteiger partial charge < -0.3 is 8.83 Å². The van der Waals surface area contributed by atoms with E-state index < -0.39 is 0 Å². The molecule has 0 aliphatic heterocycles. The lowest BCUT2D eigenvalue weighted by Crippen LogP contribution is -1.87. The standard InChI is InChI=1S/C42H30O2/c1-3-25-15-17-29-23-35-33(21-31(29)19-25)39-37(27-11-7-5-8-12-27)42-40(38(41(39)43-35)28-13-9-6-10-14-28)34-22-32-20-26(4-2)16-18-30(32)24-36(34)44-42/h5-24H,3-4H2,1-2H3. The molecule has 0 saturated heterocycles. The molecule has 2 heteroatoms. The summed E-state index contributed by atoms with van der Waals surface area (Å²) < 4.78 is 13.9. The Balaban J connectivity index is 1.54. The molecule has 2 aromatic heterocycles. The first-order valence-electron chi connectivity index (χ1n) is 15.5. The molecule has 2 nitrogen and oxygen atoms in total. The van der Waals surface area contributed by atoms with Crippen molar-refractivity contribution in [2.45, 2.75) is 26.7 Å². The van der Waals surface area contributed by atoms with Gasteiger partial charge in [-0.15, -0.1) is 0 Å². The van der Waals surface area contributed by atoms with E-state index >= 15 is 0 Å². The second kappa shape index (κ2) is 9.59. The summed E-state index contributed by atoms with van der Waals surface area (Å²) in [5, 5.41) is 9.22. The Hall–Kier alpha value is -5.34. The molecule has 0 N–H and O–H groups in total. The van der Waals surface area contributed by atoms with Crippen LogP contribution in [0.25, 0.3) is 87.7 Å². The van der Waals surface area contributed by atoms with Gasteiger partial charge in [-0.05, 0) is 80.9 Å². The Bertz CT molecular complexity index is 2370. The summed E-state index contributed by atoms with van der Waals surface area (Å²) in [6, 6.07) is 43.8. The fourth-order valence-electron chi connectivity index (χ4n) is 7.05. The molecule has 0 unspecified atom stereocenters. The number of rotatable bonds is 4. The van der Waals surface area contributed by atoms with Crippen LogP contribution in [0.5, 0.6) is 0 Å². The van der Waals surface area contributed by atoms with E-state index in [1.54, 1.807) is 0 Å². The topological polar surface area (TPSA) is 26.3 Å². The number of furan rings is 2. The third kappa shape index (κ3) is 3.67. The van der Waals surface area contributed by atoms with Crippen molar-refractivity contribution in [1.29, 1.82) is 0 Å². The average molecular weight is 567 g/mol.